The molecule has 1 atom stereocenters. The molecule has 1 aromatic heterocycles. The molecule has 2 aromatic rings. The first-order valence-electron chi connectivity index (χ1n) is 6.37. The predicted octanol–water partition coefficient (Wildman–Crippen LogP) is 2.67. The quantitative estimate of drug-likeness (QED) is 0.895. The number of hydrogen-bond acceptors (Lipinski definition) is 3. The third kappa shape index (κ3) is 1.95. The van der Waals surface area contributed by atoms with Gasteiger partial charge in [0.15, 0.2) is 0 Å². The monoisotopic (exact) mass is 253 g/mol. The van der Waals surface area contributed by atoms with Crippen LogP contribution in [0.1, 0.15) is 29.0 Å². The van der Waals surface area contributed by atoms with Gasteiger partial charge in [0.2, 0.25) is 0 Å². The van der Waals surface area contributed by atoms with Crippen LogP contribution in [0.4, 0.5) is 5.69 Å². The van der Waals surface area contributed by atoms with E-state index in [1.54, 1.807) is 12.4 Å². The van der Waals surface area contributed by atoms with Crippen LogP contribution in [-0.4, -0.2) is 22.3 Å². The fraction of sp³-hybridized carbons (Fsp3) is 0.200. The first-order valence-corrected chi connectivity index (χ1v) is 6.37. The molecule has 19 heavy (non-hydrogen) atoms. The van der Waals surface area contributed by atoms with Crippen molar-refractivity contribution in [3.63, 3.8) is 0 Å². The molecule has 0 fully saturated rings. The summed E-state index contributed by atoms with van der Waals surface area (Å²) in [4.78, 5) is 18.4. The molecule has 0 spiro atoms. The molecule has 1 aromatic carbocycles. The van der Waals surface area contributed by atoms with Crippen molar-refractivity contribution in [1.29, 1.82) is 0 Å². The second-order valence-corrected chi connectivity index (χ2v) is 4.47. The number of nitrogens with zero attached hydrogens (tertiary/aromatic N) is 2. The van der Waals surface area contributed by atoms with Crippen LogP contribution in [0.25, 0.3) is 0 Å². The highest BCUT2D eigenvalue weighted by Crippen LogP contribution is 2.32. The van der Waals surface area contributed by atoms with Crippen LogP contribution in [0.15, 0.2) is 48.8 Å². The Hall–Kier alpha value is -2.36. The van der Waals surface area contributed by atoms with Crippen molar-refractivity contribution in [3.05, 3.63) is 59.9 Å². The minimum atomic E-state index is -0.152. The largest absolute Gasteiger partial charge is 0.361 e. The molecule has 3 rings (SSSR count). The minimum absolute atomic E-state index is 0.0608. The van der Waals surface area contributed by atoms with Gasteiger partial charge in [-0.3, -0.25) is 9.78 Å². The van der Waals surface area contributed by atoms with Crippen molar-refractivity contribution in [2.24, 2.45) is 0 Å². The van der Waals surface area contributed by atoms with Crippen LogP contribution in [-0.2, 0) is 0 Å². The standard InChI is InChI=1S/C15H15N3O/c1-2-18-14(11-6-5-9-16-10-11)17-13-8-4-3-7-12(13)15(18)19/h3-10,14,17H,2H2,1H3/t14-/m1/s1. The van der Waals surface area contributed by atoms with Crippen LogP contribution in [0.3, 0.4) is 0 Å². The Morgan fingerprint density at radius 1 is 1.26 bits per heavy atom. The second-order valence-electron chi connectivity index (χ2n) is 4.47. The van der Waals surface area contributed by atoms with Gasteiger partial charge in [0.05, 0.1) is 5.56 Å². The van der Waals surface area contributed by atoms with Crippen molar-refractivity contribution in [1.82, 2.24) is 9.88 Å². The third-order valence-electron chi connectivity index (χ3n) is 3.36. The summed E-state index contributed by atoms with van der Waals surface area (Å²) in [5.41, 5.74) is 2.60. The maximum Gasteiger partial charge on any atom is 0.257 e. The molecular formula is C15H15N3O. The van der Waals surface area contributed by atoms with Crippen LogP contribution in [0, 0.1) is 0 Å². The van der Waals surface area contributed by atoms with E-state index in [0.717, 1.165) is 16.8 Å². The Balaban J connectivity index is 2.05. The van der Waals surface area contributed by atoms with Crippen molar-refractivity contribution in [2.75, 3.05) is 11.9 Å². The van der Waals surface area contributed by atoms with E-state index >= 15 is 0 Å². The van der Waals surface area contributed by atoms with Gasteiger partial charge in [0.25, 0.3) is 5.91 Å². The average Bonchev–Trinajstić information content (AvgIpc) is 2.48. The summed E-state index contributed by atoms with van der Waals surface area (Å²) in [7, 11) is 0. The number of carbonyl (C=O) groups is 1. The summed E-state index contributed by atoms with van der Waals surface area (Å²) in [6.45, 7) is 2.64. The van der Waals surface area contributed by atoms with Crippen LogP contribution in [0.5, 0.6) is 0 Å². The van der Waals surface area contributed by atoms with Crippen molar-refractivity contribution >= 4 is 11.6 Å². The van der Waals surface area contributed by atoms with Crippen LogP contribution in [0.2, 0.25) is 0 Å². The number of carbonyl (C=O) groups excluding carboxylic acids is 1. The van der Waals surface area contributed by atoms with Crippen LogP contribution < -0.4 is 5.32 Å². The number of rotatable bonds is 2. The summed E-state index contributed by atoms with van der Waals surface area (Å²) in [5, 5.41) is 3.41. The maximum atomic E-state index is 12.5. The number of amides is 1. The summed E-state index contributed by atoms with van der Waals surface area (Å²) >= 11 is 0. The number of hydrogen-bond donors (Lipinski definition) is 1. The highest BCUT2D eigenvalue weighted by Gasteiger charge is 2.31. The molecule has 1 aliphatic rings. The summed E-state index contributed by atoms with van der Waals surface area (Å²) < 4.78 is 0. The number of aromatic nitrogens is 1. The van der Waals surface area contributed by atoms with Gasteiger partial charge < -0.3 is 10.2 Å². The fourth-order valence-electron chi connectivity index (χ4n) is 2.42. The fourth-order valence-corrected chi connectivity index (χ4v) is 2.42. The minimum Gasteiger partial charge on any atom is -0.361 e. The molecule has 4 heteroatoms. The number of benzene rings is 1. The number of anilines is 1. The van der Waals surface area contributed by atoms with Gasteiger partial charge in [0.1, 0.15) is 6.17 Å². The zero-order valence-corrected chi connectivity index (χ0v) is 10.7. The van der Waals surface area contributed by atoms with E-state index < -0.39 is 0 Å². The van der Waals surface area contributed by atoms with Gasteiger partial charge in [-0.2, -0.15) is 0 Å². The van der Waals surface area contributed by atoms with E-state index in [0.29, 0.717) is 6.54 Å². The number of nitrogens with one attached hydrogen (secondary N) is 1. The van der Waals surface area contributed by atoms with Crippen LogP contribution >= 0.6 is 0 Å². The van der Waals surface area contributed by atoms with Gasteiger partial charge >= 0.3 is 0 Å². The van der Waals surface area contributed by atoms with E-state index in [9.17, 15) is 4.79 Å². The van der Waals surface area contributed by atoms with E-state index in [2.05, 4.69) is 10.3 Å². The number of para-hydroxylation sites is 1. The Bertz CT molecular complexity index is 597. The Morgan fingerprint density at radius 3 is 2.84 bits per heavy atom. The average molecular weight is 253 g/mol. The van der Waals surface area contributed by atoms with Crippen molar-refractivity contribution in [3.8, 4) is 0 Å². The van der Waals surface area contributed by atoms with Gasteiger partial charge in [0, 0.05) is 30.2 Å². The maximum absolute atomic E-state index is 12.5. The van der Waals surface area contributed by atoms with Crippen molar-refractivity contribution < 1.29 is 4.79 Å². The molecule has 96 valence electrons. The number of fused-ring (bicyclic) bond motifs is 1. The first kappa shape index (κ1) is 11.7. The molecule has 1 aliphatic heterocycles. The lowest BCUT2D eigenvalue weighted by Gasteiger charge is -2.37. The van der Waals surface area contributed by atoms with Gasteiger partial charge in [-0.15, -0.1) is 0 Å². The molecule has 2 heterocycles. The molecular weight excluding hydrogens is 238 g/mol. The van der Waals surface area contributed by atoms with Crippen molar-refractivity contribution in [2.45, 2.75) is 13.1 Å². The normalized spacial score (nSPS) is 17.8. The summed E-state index contributed by atoms with van der Waals surface area (Å²) in [5.74, 6) is 0.0608. The topological polar surface area (TPSA) is 45.2 Å². The highest BCUT2D eigenvalue weighted by atomic mass is 16.2. The summed E-state index contributed by atoms with van der Waals surface area (Å²) in [6.07, 6.45) is 3.38. The smallest absolute Gasteiger partial charge is 0.257 e. The molecule has 4 nitrogen and oxygen atoms in total. The number of pyridine rings is 1. The Morgan fingerprint density at radius 2 is 2.11 bits per heavy atom. The van der Waals surface area contributed by atoms with E-state index in [1.165, 1.54) is 0 Å². The lowest BCUT2D eigenvalue weighted by Crippen LogP contribution is -2.42. The molecule has 0 saturated heterocycles. The van der Waals surface area contributed by atoms with E-state index in [-0.39, 0.29) is 12.1 Å². The third-order valence-corrected chi connectivity index (χ3v) is 3.36. The molecule has 1 N–H and O–H groups in total. The lowest BCUT2D eigenvalue weighted by molar-refractivity contribution is 0.0694. The Labute approximate surface area is 112 Å². The van der Waals surface area contributed by atoms with E-state index in [1.807, 2.05) is 48.2 Å². The predicted molar refractivity (Wildman–Crippen MR) is 73.8 cm³/mol. The van der Waals surface area contributed by atoms with Gasteiger partial charge in [-0.05, 0) is 25.1 Å². The summed E-state index contributed by atoms with van der Waals surface area (Å²) in [6, 6.07) is 11.5. The Kier molecular flexibility index (Phi) is 2.91. The lowest BCUT2D eigenvalue weighted by atomic mass is 10.0. The zero-order valence-electron chi connectivity index (χ0n) is 10.7. The molecule has 0 unspecified atom stereocenters. The molecule has 0 saturated carbocycles. The molecule has 1 amide bonds. The SMILES string of the molecule is CCN1C(=O)c2ccccc2N[C@H]1c1cccnc1. The molecule has 0 aliphatic carbocycles. The second kappa shape index (κ2) is 4.72. The van der Waals surface area contributed by atoms with Gasteiger partial charge in [-0.1, -0.05) is 18.2 Å². The molecule has 0 radical (unpaired) electrons. The van der Waals surface area contributed by atoms with Gasteiger partial charge in [-0.25, -0.2) is 0 Å². The molecule has 0 bridgehead atoms. The highest BCUT2D eigenvalue weighted by molar-refractivity contribution is 6.01. The zero-order chi connectivity index (χ0) is 13.2. The van der Waals surface area contributed by atoms with E-state index in [4.69, 9.17) is 0 Å². The first-order chi connectivity index (χ1) is 9.31.